The van der Waals surface area contributed by atoms with Gasteiger partial charge in [0.25, 0.3) is 0 Å². The largest absolute Gasteiger partial charge is 0.493 e. The van der Waals surface area contributed by atoms with E-state index in [4.69, 9.17) is 9.47 Å². The van der Waals surface area contributed by atoms with E-state index in [1.54, 1.807) is 25.6 Å². The number of benzene rings is 1. The summed E-state index contributed by atoms with van der Waals surface area (Å²) >= 11 is 1.66. The predicted molar refractivity (Wildman–Crippen MR) is 113 cm³/mol. The topological polar surface area (TPSA) is 79.9 Å². The number of carbonyl (C=O) groups excluding carboxylic acids is 2. The van der Waals surface area contributed by atoms with Gasteiger partial charge in [0.2, 0.25) is 11.8 Å². The number of nitrogens with zero attached hydrogens (tertiary/aromatic N) is 1. The van der Waals surface area contributed by atoms with Crippen molar-refractivity contribution in [2.24, 2.45) is 0 Å². The average molecular weight is 418 g/mol. The van der Waals surface area contributed by atoms with E-state index in [1.165, 1.54) is 5.56 Å². The lowest BCUT2D eigenvalue weighted by Gasteiger charge is -2.37. The van der Waals surface area contributed by atoms with Gasteiger partial charge in [-0.15, -0.1) is 11.3 Å². The number of likely N-dealkylation sites (N-methyl/N-ethyl adjacent to an activating group) is 1. The van der Waals surface area contributed by atoms with E-state index in [0.717, 1.165) is 23.4 Å². The van der Waals surface area contributed by atoms with E-state index in [9.17, 15) is 9.59 Å². The molecule has 156 valence electrons. The molecule has 29 heavy (non-hydrogen) atoms. The maximum absolute atomic E-state index is 12.5. The molecule has 0 bridgehead atoms. The minimum absolute atomic E-state index is 0.00814. The maximum atomic E-state index is 12.5. The molecule has 7 nitrogen and oxygen atoms in total. The molecule has 2 amide bonds. The van der Waals surface area contributed by atoms with Crippen molar-refractivity contribution in [3.8, 4) is 11.5 Å². The van der Waals surface area contributed by atoms with Crippen LogP contribution in [0.4, 0.5) is 0 Å². The van der Waals surface area contributed by atoms with Crippen LogP contribution < -0.4 is 20.1 Å². The summed E-state index contributed by atoms with van der Waals surface area (Å²) in [5.41, 5.74) is 2.31. The highest BCUT2D eigenvalue weighted by Gasteiger charge is 2.32. The summed E-state index contributed by atoms with van der Waals surface area (Å²) in [4.78, 5) is 27.4. The zero-order valence-corrected chi connectivity index (χ0v) is 17.8. The Morgan fingerprint density at radius 1 is 1.17 bits per heavy atom. The van der Waals surface area contributed by atoms with Crippen LogP contribution in [0.15, 0.2) is 29.6 Å². The van der Waals surface area contributed by atoms with Gasteiger partial charge in [0.15, 0.2) is 11.5 Å². The van der Waals surface area contributed by atoms with Crippen LogP contribution in [-0.4, -0.2) is 57.1 Å². The molecule has 2 aromatic rings. The van der Waals surface area contributed by atoms with Crippen molar-refractivity contribution >= 4 is 23.2 Å². The lowest BCUT2D eigenvalue weighted by molar-refractivity contribution is -0.127. The van der Waals surface area contributed by atoms with Crippen molar-refractivity contribution in [2.45, 2.75) is 19.4 Å². The number of methoxy groups -OCH3 is 2. The molecule has 1 aromatic heterocycles. The molecular formula is C21H27N3O4S. The Balaban J connectivity index is 1.84. The van der Waals surface area contributed by atoms with Gasteiger partial charge in [0, 0.05) is 18.0 Å². The van der Waals surface area contributed by atoms with Crippen LogP contribution in [0.2, 0.25) is 0 Å². The molecule has 2 heterocycles. The smallest absolute Gasteiger partial charge is 0.239 e. The third kappa shape index (κ3) is 4.89. The van der Waals surface area contributed by atoms with E-state index in [1.807, 2.05) is 30.5 Å². The number of hydrogen-bond donors (Lipinski definition) is 2. The number of thiophene rings is 1. The second-order valence-corrected chi connectivity index (χ2v) is 7.75. The van der Waals surface area contributed by atoms with Crippen LogP contribution in [0.1, 0.15) is 29.0 Å². The summed E-state index contributed by atoms with van der Waals surface area (Å²) in [5, 5.41) is 7.43. The van der Waals surface area contributed by atoms with Gasteiger partial charge in [0.1, 0.15) is 0 Å². The second-order valence-electron chi connectivity index (χ2n) is 6.77. The number of fused-ring (bicyclic) bond motifs is 1. The SMILES string of the molecule is CCNC(=O)CNC(=O)CN1CCc2cc(OC)c(OC)cc2[C@@H]1c1cccs1. The molecule has 1 aromatic carbocycles. The molecule has 0 spiro atoms. The highest BCUT2D eigenvalue weighted by atomic mass is 32.1. The average Bonchev–Trinajstić information content (AvgIpc) is 3.25. The van der Waals surface area contributed by atoms with Crippen LogP contribution in [0.25, 0.3) is 0 Å². The zero-order valence-electron chi connectivity index (χ0n) is 17.0. The van der Waals surface area contributed by atoms with E-state index in [2.05, 4.69) is 21.6 Å². The molecule has 0 unspecified atom stereocenters. The number of nitrogens with one attached hydrogen (secondary N) is 2. The van der Waals surface area contributed by atoms with E-state index >= 15 is 0 Å². The van der Waals surface area contributed by atoms with Crippen molar-refractivity contribution in [1.82, 2.24) is 15.5 Å². The minimum Gasteiger partial charge on any atom is -0.493 e. The summed E-state index contributed by atoms with van der Waals surface area (Å²) in [7, 11) is 3.26. The number of carbonyl (C=O) groups is 2. The first-order valence-corrected chi connectivity index (χ1v) is 10.5. The third-order valence-electron chi connectivity index (χ3n) is 4.95. The minimum atomic E-state index is -0.184. The van der Waals surface area contributed by atoms with Crippen LogP contribution in [0, 0.1) is 0 Å². The normalized spacial score (nSPS) is 16.0. The lowest BCUT2D eigenvalue weighted by Crippen LogP contribution is -2.45. The highest BCUT2D eigenvalue weighted by Crippen LogP contribution is 2.41. The van der Waals surface area contributed by atoms with E-state index in [-0.39, 0.29) is 30.9 Å². The molecule has 1 aliphatic rings. The van der Waals surface area contributed by atoms with Gasteiger partial charge in [-0.25, -0.2) is 0 Å². The Morgan fingerprint density at radius 3 is 2.59 bits per heavy atom. The first kappa shape index (κ1) is 21.1. The van der Waals surface area contributed by atoms with Gasteiger partial charge in [-0.1, -0.05) is 6.07 Å². The zero-order chi connectivity index (χ0) is 20.8. The molecular weight excluding hydrogens is 390 g/mol. The summed E-state index contributed by atoms with van der Waals surface area (Å²) in [6.45, 7) is 3.34. The quantitative estimate of drug-likeness (QED) is 0.687. The van der Waals surface area contributed by atoms with Crippen molar-refractivity contribution in [3.63, 3.8) is 0 Å². The van der Waals surface area contributed by atoms with Crippen LogP contribution in [-0.2, 0) is 16.0 Å². The highest BCUT2D eigenvalue weighted by molar-refractivity contribution is 7.10. The predicted octanol–water partition coefficient (Wildman–Crippen LogP) is 1.97. The van der Waals surface area contributed by atoms with Crippen LogP contribution in [0.5, 0.6) is 11.5 Å². The van der Waals surface area contributed by atoms with Gasteiger partial charge in [-0.05, 0) is 48.1 Å². The van der Waals surface area contributed by atoms with E-state index in [0.29, 0.717) is 18.0 Å². The molecule has 1 aliphatic heterocycles. The summed E-state index contributed by atoms with van der Waals surface area (Å²) < 4.78 is 11.0. The fourth-order valence-electron chi connectivity index (χ4n) is 3.63. The van der Waals surface area contributed by atoms with Crippen LogP contribution >= 0.6 is 11.3 Å². The molecule has 0 saturated carbocycles. The molecule has 0 aliphatic carbocycles. The van der Waals surface area contributed by atoms with Crippen LogP contribution in [0.3, 0.4) is 0 Å². The third-order valence-corrected chi connectivity index (χ3v) is 5.88. The Morgan fingerprint density at radius 2 is 1.93 bits per heavy atom. The van der Waals surface area contributed by atoms with Crippen molar-refractivity contribution < 1.29 is 19.1 Å². The molecule has 0 saturated heterocycles. The summed E-state index contributed by atoms with van der Waals surface area (Å²) in [6, 6.07) is 8.09. The molecule has 3 rings (SSSR count). The van der Waals surface area contributed by atoms with Gasteiger partial charge in [-0.2, -0.15) is 0 Å². The monoisotopic (exact) mass is 417 g/mol. The Kier molecular flexibility index (Phi) is 7.11. The Bertz CT molecular complexity index is 854. The van der Waals surface area contributed by atoms with E-state index < -0.39 is 0 Å². The van der Waals surface area contributed by atoms with Gasteiger partial charge < -0.3 is 20.1 Å². The first-order chi connectivity index (χ1) is 14.1. The fraction of sp³-hybridized carbons (Fsp3) is 0.429. The number of rotatable bonds is 8. The Labute approximate surface area is 175 Å². The lowest BCUT2D eigenvalue weighted by atomic mass is 9.91. The van der Waals surface area contributed by atoms with Crippen molar-refractivity contribution in [1.29, 1.82) is 0 Å². The summed E-state index contributed by atoms with van der Waals surface area (Å²) in [6.07, 6.45) is 0.807. The van der Waals surface area contributed by atoms with Gasteiger partial charge in [0.05, 0.1) is 33.4 Å². The molecule has 1 atom stereocenters. The Hall–Kier alpha value is -2.58. The number of hydrogen-bond acceptors (Lipinski definition) is 6. The molecule has 0 radical (unpaired) electrons. The number of ether oxygens (including phenoxy) is 2. The molecule has 2 N–H and O–H groups in total. The number of amides is 2. The van der Waals surface area contributed by atoms with Crippen molar-refractivity contribution in [3.05, 3.63) is 45.6 Å². The fourth-order valence-corrected chi connectivity index (χ4v) is 4.50. The standard InChI is InChI=1S/C21H27N3O4S/c1-4-22-19(25)12-23-20(26)13-24-8-7-14-10-16(27-2)17(28-3)11-15(14)21(24)18-6-5-9-29-18/h5-6,9-11,21H,4,7-8,12-13H2,1-3H3,(H,22,25)(H,23,26)/t21-/m1/s1. The first-order valence-electron chi connectivity index (χ1n) is 9.63. The molecule has 8 heteroatoms. The second kappa shape index (κ2) is 9.76. The van der Waals surface area contributed by atoms with Crippen molar-refractivity contribution in [2.75, 3.05) is 40.4 Å². The molecule has 0 fully saturated rings. The van der Waals surface area contributed by atoms with Gasteiger partial charge in [-0.3, -0.25) is 14.5 Å². The van der Waals surface area contributed by atoms with Gasteiger partial charge >= 0.3 is 0 Å². The summed E-state index contributed by atoms with van der Waals surface area (Å²) in [5.74, 6) is 1.04. The maximum Gasteiger partial charge on any atom is 0.239 e.